The Hall–Kier alpha value is -5.22. The molecule has 196 valence electrons. The van der Waals surface area contributed by atoms with Crippen LogP contribution < -0.4 is 5.32 Å². The van der Waals surface area contributed by atoms with Crippen LogP contribution in [0.15, 0.2) is 148 Å². The van der Waals surface area contributed by atoms with Crippen molar-refractivity contribution in [1.82, 2.24) is 5.32 Å². The highest BCUT2D eigenvalue weighted by molar-refractivity contribution is 6.13. The van der Waals surface area contributed by atoms with Gasteiger partial charge in [-0.1, -0.05) is 109 Å². The molecule has 2 aliphatic rings. The summed E-state index contributed by atoms with van der Waals surface area (Å²) in [7, 11) is 0. The van der Waals surface area contributed by atoms with Gasteiger partial charge in [-0.2, -0.15) is 0 Å². The van der Waals surface area contributed by atoms with E-state index in [0.717, 1.165) is 62.1 Å². The van der Waals surface area contributed by atoms with E-state index in [-0.39, 0.29) is 12.1 Å². The maximum atomic E-state index is 6.16. The minimum atomic E-state index is -0.188. The van der Waals surface area contributed by atoms with E-state index in [1.54, 1.807) is 0 Å². The van der Waals surface area contributed by atoms with Gasteiger partial charge in [-0.3, -0.25) is 0 Å². The molecule has 0 saturated heterocycles. The number of rotatable bonds is 4. The number of nitrogens with one attached hydrogen (secondary N) is 1. The van der Waals surface area contributed by atoms with Crippen molar-refractivity contribution in [1.29, 1.82) is 0 Å². The largest absolute Gasteiger partial charge is 0.456 e. The monoisotopic (exact) mass is 529 g/mol. The molecule has 6 aromatic rings. The van der Waals surface area contributed by atoms with Gasteiger partial charge in [0.25, 0.3) is 0 Å². The van der Waals surface area contributed by atoms with Crippen molar-refractivity contribution in [3.63, 3.8) is 0 Å². The molecule has 0 radical (unpaired) electrons. The standard InChI is InChI=1S/C37H27N3O/c1-3-10-25(11-4-1)35-38-36(26-12-5-2-6-13-26)40-37(39-35)28-21-19-24-18-20-27(22-29(24)23-28)30-15-9-17-33-34(30)31-14-7-8-16-32(31)41-33/h1-12,14-23,26,35H,13H2,(H,38,39,40). The van der Waals surface area contributed by atoms with Gasteiger partial charge in [0.15, 0.2) is 0 Å². The van der Waals surface area contributed by atoms with Crippen LogP contribution in [0.4, 0.5) is 0 Å². The number of aliphatic imine (C=N–C) groups is 2. The normalized spacial score (nSPS) is 18.4. The zero-order valence-electron chi connectivity index (χ0n) is 22.4. The molecular formula is C37H27N3O. The number of para-hydroxylation sites is 1. The lowest BCUT2D eigenvalue weighted by Gasteiger charge is -2.26. The van der Waals surface area contributed by atoms with Crippen molar-refractivity contribution in [3.8, 4) is 11.1 Å². The fraction of sp³-hybridized carbons (Fsp3) is 0.0811. The molecule has 5 aromatic carbocycles. The highest BCUT2D eigenvalue weighted by Gasteiger charge is 2.24. The molecule has 0 spiro atoms. The van der Waals surface area contributed by atoms with E-state index in [4.69, 9.17) is 14.4 Å². The fourth-order valence-corrected chi connectivity index (χ4v) is 5.94. The summed E-state index contributed by atoms with van der Waals surface area (Å²) in [6.07, 6.45) is 9.27. The van der Waals surface area contributed by atoms with E-state index in [2.05, 4.69) is 115 Å². The van der Waals surface area contributed by atoms with Crippen molar-refractivity contribution in [2.75, 3.05) is 0 Å². The zero-order valence-corrected chi connectivity index (χ0v) is 22.4. The van der Waals surface area contributed by atoms with Gasteiger partial charge in [0.1, 0.15) is 29.0 Å². The van der Waals surface area contributed by atoms with Crippen molar-refractivity contribution >= 4 is 44.4 Å². The predicted octanol–water partition coefficient (Wildman–Crippen LogP) is 8.99. The van der Waals surface area contributed by atoms with Crippen LogP contribution in [-0.2, 0) is 0 Å². The van der Waals surface area contributed by atoms with Crippen LogP contribution in [0.1, 0.15) is 23.7 Å². The number of hydrogen-bond donors (Lipinski definition) is 1. The summed E-state index contributed by atoms with van der Waals surface area (Å²) in [5.74, 6) is 1.88. The van der Waals surface area contributed by atoms with Crippen molar-refractivity contribution in [3.05, 3.63) is 145 Å². The van der Waals surface area contributed by atoms with Crippen molar-refractivity contribution < 1.29 is 4.42 Å². The lowest BCUT2D eigenvalue weighted by molar-refractivity contribution is 0.659. The Morgan fingerprint density at radius 1 is 0.707 bits per heavy atom. The second-order valence-corrected chi connectivity index (χ2v) is 10.6. The van der Waals surface area contributed by atoms with Crippen LogP contribution in [0.2, 0.25) is 0 Å². The summed E-state index contributed by atoms with van der Waals surface area (Å²) in [5, 5.41) is 8.25. The number of amidine groups is 2. The first kappa shape index (κ1) is 23.6. The number of nitrogens with zero attached hydrogens (tertiary/aromatic N) is 2. The second kappa shape index (κ2) is 9.76. The molecule has 1 aromatic heterocycles. The van der Waals surface area contributed by atoms with E-state index in [1.807, 2.05) is 24.3 Å². The van der Waals surface area contributed by atoms with Crippen molar-refractivity contribution in [2.45, 2.75) is 12.6 Å². The molecule has 1 aliphatic carbocycles. The highest BCUT2D eigenvalue weighted by Crippen LogP contribution is 2.37. The molecule has 41 heavy (non-hydrogen) atoms. The number of hydrogen-bond acceptors (Lipinski definition) is 4. The summed E-state index contributed by atoms with van der Waals surface area (Å²) < 4.78 is 6.16. The third-order valence-corrected chi connectivity index (χ3v) is 8.02. The average molecular weight is 530 g/mol. The molecule has 4 nitrogen and oxygen atoms in total. The fourth-order valence-electron chi connectivity index (χ4n) is 5.94. The van der Waals surface area contributed by atoms with Crippen LogP contribution in [0.25, 0.3) is 43.8 Å². The molecule has 1 aliphatic heterocycles. The molecular weight excluding hydrogens is 502 g/mol. The molecule has 0 bridgehead atoms. The second-order valence-electron chi connectivity index (χ2n) is 10.6. The summed E-state index contributed by atoms with van der Waals surface area (Å²) in [6, 6.07) is 38.2. The van der Waals surface area contributed by atoms with Crippen LogP contribution in [0.3, 0.4) is 0 Å². The summed E-state index contributed by atoms with van der Waals surface area (Å²) in [5.41, 5.74) is 6.32. The van der Waals surface area contributed by atoms with E-state index >= 15 is 0 Å². The van der Waals surface area contributed by atoms with Crippen molar-refractivity contribution in [2.24, 2.45) is 15.9 Å². The molecule has 2 heterocycles. The van der Waals surface area contributed by atoms with Gasteiger partial charge in [0.2, 0.25) is 0 Å². The molecule has 4 heteroatoms. The number of allylic oxidation sites excluding steroid dienone is 3. The maximum Gasteiger partial charge on any atom is 0.147 e. The molecule has 0 saturated carbocycles. The maximum absolute atomic E-state index is 6.16. The Morgan fingerprint density at radius 3 is 2.39 bits per heavy atom. The summed E-state index contributed by atoms with van der Waals surface area (Å²) in [4.78, 5) is 10.1. The van der Waals surface area contributed by atoms with E-state index < -0.39 is 0 Å². The van der Waals surface area contributed by atoms with Gasteiger partial charge in [0, 0.05) is 22.3 Å². The third-order valence-electron chi connectivity index (χ3n) is 8.02. The smallest absolute Gasteiger partial charge is 0.147 e. The van der Waals surface area contributed by atoms with Gasteiger partial charge in [-0.15, -0.1) is 0 Å². The summed E-state index contributed by atoms with van der Waals surface area (Å²) >= 11 is 0. The van der Waals surface area contributed by atoms with Gasteiger partial charge >= 0.3 is 0 Å². The summed E-state index contributed by atoms with van der Waals surface area (Å²) in [6.45, 7) is 0. The lowest BCUT2D eigenvalue weighted by Crippen LogP contribution is -2.35. The zero-order chi connectivity index (χ0) is 27.2. The van der Waals surface area contributed by atoms with Crippen LogP contribution in [0.5, 0.6) is 0 Å². The quantitative estimate of drug-likeness (QED) is 0.248. The minimum absolute atomic E-state index is 0.167. The van der Waals surface area contributed by atoms with E-state index in [9.17, 15) is 0 Å². The Labute approximate surface area is 238 Å². The minimum Gasteiger partial charge on any atom is -0.456 e. The van der Waals surface area contributed by atoms with Gasteiger partial charge in [0.05, 0.1) is 0 Å². The Balaban J connectivity index is 1.22. The Bertz CT molecular complexity index is 2060. The first-order chi connectivity index (χ1) is 20.3. The molecule has 2 atom stereocenters. The third kappa shape index (κ3) is 4.25. The number of benzene rings is 5. The van der Waals surface area contributed by atoms with Crippen LogP contribution >= 0.6 is 0 Å². The first-order valence-corrected chi connectivity index (χ1v) is 14.1. The van der Waals surface area contributed by atoms with E-state index in [0.29, 0.717) is 0 Å². The average Bonchev–Trinajstić information content (AvgIpc) is 3.44. The Kier molecular flexibility index (Phi) is 5.63. The first-order valence-electron chi connectivity index (χ1n) is 14.1. The highest BCUT2D eigenvalue weighted by atomic mass is 16.3. The van der Waals surface area contributed by atoms with Crippen LogP contribution in [0, 0.1) is 5.92 Å². The van der Waals surface area contributed by atoms with Gasteiger partial charge in [-0.25, -0.2) is 9.98 Å². The SMILES string of the molecule is C1=CCC(C2=NC(c3ccccc3)NC(c3ccc4ccc(-c5cccc6oc7ccccc7c56)cc4c3)=N2)C=C1. The molecule has 2 unspecified atom stereocenters. The van der Waals surface area contributed by atoms with Crippen LogP contribution in [-0.4, -0.2) is 11.7 Å². The van der Waals surface area contributed by atoms with Gasteiger partial charge < -0.3 is 9.73 Å². The lowest BCUT2D eigenvalue weighted by atomic mass is 9.96. The molecule has 0 amide bonds. The number of furan rings is 1. The molecule has 0 fully saturated rings. The Morgan fingerprint density at radius 2 is 1.51 bits per heavy atom. The molecule has 8 rings (SSSR count). The number of fused-ring (bicyclic) bond motifs is 4. The predicted molar refractivity (Wildman–Crippen MR) is 169 cm³/mol. The molecule has 1 N–H and O–H groups in total. The van der Waals surface area contributed by atoms with E-state index in [1.165, 1.54) is 10.9 Å². The topological polar surface area (TPSA) is 49.9 Å². The van der Waals surface area contributed by atoms with Gasteiger partial charge in [-0.05, 0) is 58.1 Å².